The molecule has 118 valence electrons. The molecule has 4 nitrogen and oxygen atoms in total. The fraction of sp³-hybridized carbons (Fsp3) is 0.286. The number of hydrogen-bond donors (Lipinski definition) is 0. The highest BCUT2D eigenvalue weighted by Crippen LogP contribution is 2.34. The molecule has 4 unspecified atom stereocenters. The van der Waals surface area contributed by atoms with E-state index in [1.165, 1.54) is 36.5 Å². The van der Waals surface area contributed by atoms with Crippen LogP contribution in [0.1, 0.15) is 0 Å². The van der Waals surface area contributed by atoms with E-state index in [9.17, 15) is 9.59 Å². The molecule has 0 saturated carbocycles. The van der Waals surface area contributed by atoms with E-state index in [2.05, 4.69) is 9.78 Å². The van der Waals surface area contributed by atoms with Gasteiger partial charge in [0.05, 0.1) is 10.8 Å². The van der Waals surface area contributed by atoms with Gasteiger partial charge in [0.1, 0.15) is 0 Å². The maximum Gasteiger partial charge on any atom is 0.381 e. The van der Waals surface area contributed by atoms with Crippen molar-refractivity contribution in [2.45, 2.75) is 20.5 Å². The van der Waals surface area contributed by atoms with Crippen molar-refractivity contribution < 1.29 is 19.4 Å². The fourth-order valence-electron chi connectivity index (χ4n) is 1.74. The van der Waals surface area contributed by atoms with Crippen LogP contribution in [0.25, 0.3) is 0 Å². The summed E-state index contributed by atoms with van der Waals surface area (Å²) < 4.78 is 0. The number of carbonyl (C=O) groups is 2. The lowest BCUT2D eigenvalue weighted by atomic mass is 9.99. The molecule has 0 aliphatic heterocycles. The lowest BCUT2D eigenvalue weighted by molar-refractivity contribution is -0.261. The second-order valence-corrected chi connectivity index (χ2v) is 6.76. The molecule has 0 aromatic carbocycles. The van der Waals surface area contributed by atoms with Crippen LogP contribution >= 0.6 is 46.4 Å². The summed E-state index contributed by atoms with van der Waals surface area (Å²) in [7, 11) is 0. The Morgan fingerprint density at radius 3 is 1.45 bits per heavy atom. The van der Waals surface area contributed by atoms with E-state index in [-0.39, 0.29) is 0 Å². The summed E-state index contributed by atoms with van der Waals surface area (Å²) in [5.74, 6) is -2.07. The van der Waals surface area contributed by atoms with Crippen LogP contribution in [0.3, 0.4) is 0 Å². The van der Waals surface area contributed by atoms with Crippen LogP contribution in [0.5, 0.6) is 0 Å². The third-order valence-electron chi connectivity index (χ3n) is 3.08. The Balaban J connectivity index is 2.01. The monoisotopic (exact) mass is 382 g/mol. The molecule has 0 radical (unpaired) electrons. The molecule has 0 bridgehead atoms. The second kappa shape index (κ2) is 6.67. The molecular weight excluding hydrogens is 374 g/mol. The molecule has 2 aliphatic carbocycles. The smallest absolute Gasteiger partial charge is 0.245 e. The van der Waals surface area contributed by atoms with Gasteiger partial charge in [-0.05, 0) is 0 Å². The molecule has 8 heteroatoms. The summed E-state index contributed by atoms with van der Waals surface area (Å²) in [6, 6.07) is 0. The quantitative estimate of drug-likeness (QED) is 0.416. The Kier molecular flexibility index (Phi) is 5.28. The molecule has 0 fully saturated rings. The van der Waals surface area contributed by atoms with Crippen LogP contribution in [0.15, 0.2) is 48.6 Å². The highest BCUT2D eigenvalue weighted by Gasteiger charge is 2.47. The van der Waals surface area contributed by atoms with Crippen molar-refractivity contribution >= 4 is 58.3 Å². The Hall–Kier alpha value is -0.940. The van der Waals surface area contributed by atoms with Crippen LogP contribution < -0.4 is 0 Å². The van der Waals surface area contributed by atoms with Gasteiger partial charge in [-0.2, -0.15) is 0 Å². The SMILES string of the molecule is O=C(OOC(=O)C1(Cl)C=CC=CC1Cl)C1(Cl)C=CC=CC1Cl. The number of halogens is 4. The van der Waals surface area contributed by atoms with Crippen LogP contribution in [-0.4, -0.2) is 32.4 Å². The van der Waals surface area contributed by atoms with Gasteiger partial charge in [0.25, 0.3) is 0 Å². The van der Waals surface area contributed by atoms with Crippen molar-refractivity contribution in [1.82, 2.24) is 0 Å². The molecule has 22 heavy (non-hydrogen) atoms. The molecule has 0 aromatic heterocycles. The first-order valence-corrected chi connectivity index (χ1v) is 7.75. The lowest BCUT2D eigenvalue weighted by Gasteiger charge is -2.27. The highest BCUT2D eigenvalue weighted by molar-refractivity contribution is 6.43. The Morgan fingerprint density at radius 1 is 0.773 bits per heavy atom. The summed E-state index contributed by atoms with van der Waals surface area (Å²) in [5.41, 5.74) is 0. The molecule has 2 aliphatic rings. The minimum Gasteiger partial charge on any atom is -0.245 e. The number of carbonyl (C=O) groups excluding carboxylic acids is 2. The van der Waals surface area contributed by atoms with Crippen molar-refractivity contribution in [2.75, 3.05) is 0 Å². The van der Waals surface area contributed by atoms with Gasteiger partial charge in [-0.3, -0.25) is 0 Å². The van der Waals surface area contributed by atoms with E-state index in [4.69, 9.17) is 46.4 Å². The topological polar surface area (TPSA) is 52.6 Å². The first-order chi connectivity index (χ1) is 10.3. The van der Waals surface area contributed by atoms with Crippen molar-refractivity contribution in [3.05, 3.63) is 48.6 Å². The Morgan fingerprint density at radius 2 is 1.14 bits per heavy atom. The third kappa shape index (κ3) is 3.20. The van der Waals surface area contributed by atoms with E-state index >= 15 is 0 Å². The number of rotatable bonds is 2. The highest BCUT2D eigenvalue weighted by atomic mass is 35.5. The molecular formula is C14H10Cl4O4. The zero-order valence-electron chi connectivity index (χ0n) is 10.9. The lowest BCUT2D eigenvalue weighted by Crippen LogP contribution is -2.45. The summed E-state index contributed by atoms with van der Waals surface area (Å²) in [5, 5.41) is -1.71. The van der Waals surface area contributed by atoms with E-state index < -0.39 is 32.4 Å². The molecule has 0 N–H and O–H groups in total. The van der Waals surface area contributed by atoms with E-state index in [1.807, 2.05) is 0 Å². The summed E-state index contributed by atoms with van der Waals surface area (Å²) in [6.07, 6.45) is 12.0. The average Bonchev–Trinajstić information content (AvgIpc) is 2.50. The van der Waals surface area contributed by atoms with Crippen molar-refractivity contribution in [1.29, 1.82) is 0 Å². The Bertz CT molecular complexity index is 546. The van der Waals surface area contributed by atoms with Gasteiger partial charge < -0.3 is 0 Å². The molecule has 2 rings (SSSR count). The number of alkyl halides is 4. The fourth-order valence-corrected chi connectivity index (χ4v) is 2.59. The average molecular weight is 384 g/mol. The van der Waals surface area contributed by atoms with Gasteiger partial charge in [0.2, 0.25) is 0 Å². The second-order valence-electron chi connectivity index (χ2n) is 4.57. The molecule has 0 amide bonds. The van der Waals surface area contributed by atoms with Gasteiger partial charge in [-0.15, -0.1) is 23.2 Å². The number of allylic oxidation sites excluding steroid dienone is 6. The van der Waals surface area contributed by atoms with E-state index in [0.29, 0.717) is 0 Å². The maximum atomic E-state index is 12.0. The van der Waals surface area contributed by atoms with Gasteiger partial charge in [0.15, 0.2) is 9.75 Å². The maximum absolute atomic E-state index is 12.0. The molecule has 0 heterocycles. The van der Waals surface area contributed by atoms with E-state index in [1.54, 1.807) is 12.2 Å². The Labute approximate surface area is 146 Å². The predicted molar refractivity (Wildman–Crippen MR) is 85.2 cm³/mol. The van der Waals surface area contributed by atoms with Gasteiger partial charge in [-0.1, -0.05) is 71.8 Å². The van der Waals surface area contributed by atoms with Crippen LogP contribution in [0.4, 0.5) is 0 Å². The zero-order chi connectivity index (χ0) is 16.4. The van der Waals surface area contributed by atoms with Crippen molar-refractivity contribution in [3.63, 3.8) is 0 Å². The van der Waals surface area contributed by atoms with Crippen molar-refractivity contribution in [3.8, 4) is 0 Å². The minimum atomic E-state index is -1.67. The van der Waals surface area contributed by atoms with Gasteiger partial charge >= 0.3 is 11.9 Å². The summed E-state index contributed by atoms with van der Waals surface area (Å²) in [6.45, 7) is 0. The first-order valence-electron chi connectivity index (χ1n) is 6.12. The minimum absolute atomic E-state index is 0.853. The predicted octanol–water partition coefficient (Wildman–Crippen LogP) is 3.41. The number of hydrogen-bond acceptors (Lipinski definition) is 4. The normalized spacial score (nSPS) is 36.2. The molecule has 4 atom stereocenters. The van der Waals surface area contributed by atoms with Crippen LogP contribution in [0, 0.1) is 0 Å². The van der Waals surface area contributed by atoms with Gasteiger partial charge in [0, 0.05) is 0 Å². The summed E-state index contributed by atoms with van der Waals surface area (Å²) >= 11 is 24.1. The van der Waals surface area contributed by atoms with Crippen LogP contribution in [0.2, 0.25) is 0 Å². The third-order valence-corrected chi connectivity index (χ3v) is 5.31. The zero-order valence-corrected chi connectivity index (χ0v) is 13.9. The van der Waals surface area contributed by atoms with Crippen LogP contribution in [-0.2, 0) is 19.4 Å². The summed E-state index contributed by atoms with van der Waals surface area (Å²) in [4.78, 5) is 29.6. The van der Waals surface area contributed by atoms with E-state index in [0.717, 1.165) is 0 Å². The van der Waals surface area contributed by atoms with Gasteiger partial charge in [-0.25, -0.2) is 19.4 Å². The molecule has 0 saturated heterocycles. The molecule has 0 spiro atoms. The van der Waals surface area contributed by atoms with Crippen molar-refractivity contribution in [2.24, 2.45) is 0 Å². The first kappa shape index (κ1) is 17.4. The molecule has 0 aromatic rings. The largest absolute Gasteiger partial charge is 0.381 e. The standard InChI is InChI=1S/C14H10Cl4O4/c15-9-5-1-3-7-13(9,17)11(19)21-22-12(20)14(18)8-4-2-6-10(14)16/h1-10H.